The van der Waals surface area contributed by atoms with Gasteiger partial charge in [-0.15, -0.1) is 0 Å². The monoisotopic (exact) mass is 200 g/mol. The number of hydrogen-bond acceptors (Lipinski definition) is 3. The zero-order valence-corrected chi connectivity index (χ0v) is 9.21. The second-order valence-corrected chi connectivity index (χ2v) is 4.65. The van der Waals surface area contributed by atoms with Crippen LogP contribution in [0.2, 0.25) is 0 Å². The van der Waals surface area contributed by atoms with Gasteiger partial charge in [-0.05, 0) is 44.6 Å². The van der Waals surface area contributed by atoms with Crippen LogP contribution in [-0.2, 0) is 0 Å². The van der Waals surface area contributed by atoms with Gasteiger partial charge in [0, 0.05) is 18.7 Å². The molecule has 1 fully saturated rings. The Morgan fingerprint density at radius 3 is 2.86 bits per heavy atom. The van der Waals surface area contributed by atoms with Crippen molar-refractivity contribution in [1.82, 2.24) is 5.32 Å². The predicted octanol–water partition coefficient (Wildman–Crippen LogP) is 0.864. The number of rotatable bonds is 6. The molecule has 4 N–H and O–H groups in total. The highest BCUT2D eigenvalue weighted by atomic mass is 16.3. The molecule has 0 aromatic rings. The second kappa shape index (κ2) is 6.38. The summed E-state index contributed by atoms with van der Waals surface area (Å²) in [5.41, 5.74) is 5.83. The van der Waals surface area contributed by atoms with Crippen LogP contribution >= 0.6 is 0 Å². The van der Waals surface area contributed by atoms with E-state index in [0.717, 1.165) is 25.8 Å². The summed E-state index contributed by atoms with van der Waals surface area (Å²) in [4.78, 5) is 0. The first kappa shape index (κ1) is 12.0. The van der Waals surface area contributed by atoms with Gasteiger partial charge in [0.15, 0.2) is 0 Å². The largest absolute Gasteiger partial charge is 0.396 e. The van der Waals surface area contributed by atoms with Crippen LogP contribution in [0.25, 0.3) is 0 Å². The smallest absolute Gasteiger partial charge is 0.0456 e. The van der Waals surface area contributed by atoms with E-state index < -0.39 is 0 Å². The number of hydrogen-bond donors (Lipinski definition) is 3. The average Bonchev–Trinajstić information content (AvgIpc) is 2.58. The van der Waals surface area contributed by atoms with Gasteiger partial charge in [0.2, 0.25) is 0 Å². The summed E-state index contributed by atoms with van der Waals surface area (Å²) >= 11 is 0. The highest BCUT2D eigenvalue weighted by molar-refractivity contribution is 4.82. The third-order valence-electron chi connectivity index (χ3n) is 3.09. The van der Waals surface area contributed by atoms with E-state index in [9.17, 15) is 0 Å². The van der Waals surface area contributed by atoms with Crippen molar-refractivity contribution in [3.8, 4) is 0 Å². The molecular weight excluding hydrogens is 176 g/mol. The van der Waals surface area contributed by atoms with E-state index in [1.165, 1.54) is 12.8 Å². The van der Waals surface area contributed by atoms with Crippen molar-refractivity contribution < 1.29 is 5.11 Å². The molecule has 3 nitrogen and oxygen atoms in total. The van der Waals surface area contributed by atoms with Crippen molar-refractivity contribution in [2.75, 3.05) is 13.2 Å². The minimum atomic E-state index is 0.314. The molecule has 0 heterocycles. The van der Waals surface area contributed by atoms with E-state index in [-0.39, 0.29) is 0 Å². The summed E-state index contributed by atoms with van der Waals surface area (Å²) in [7, 11) is 0. The summed E-state index contributed by atoms with van der Waals surface area (Å²) in [5, 5.41) is 12.4. The lowest BCUT2D eigenvalue weighted by Gasteiger charge is -2.13. The van der Waals surface area contributed by atoms with E-state index in [4.69, 9.17) is 10.8 Å². The first-order valence-corrected chi connectivity index (χ1v) is 5.82. The average molecular weight is 200 g/mol. The van der Waals surface area contributed by atoms with Gasteiger partial charge >= 0.3 is 0 Å². The molecule has 0 aliphatic heterocycles. The maximum atomic E-state index is 8.84. The van der Waals surface area contributed by atoms with Gasteiger partial charge in [-0.25, -0.2) is 0 Å². The van der Waals surface area contributed by atoms with Crippen LogP contribution in [0.3, 0.4) is 0 Å². The molecule has 3 unspecified atom stereocenters. The molecule has 0 saturated heterocycles. The molecule has 0 bridgehead atoms. The summed E-state index contributed by atoms with van der Waals surface area (Å²) in [6.07, 6.45) is 5.81. The predicted molar refractivity (Wildman–Crippen MR) is 59.1 cm³/mol. The first-order valence-electron chi connectivity index (χ1n) is 5.82. The van der Waals surface area contributed by atoms with Crippen molar-refractivity contribution in [1.29, 1.82) is 0 Å². The zero-order valence-electron chi connectivity index (χ0n) is 9.21. The second-order valence-electron chi connectivity index (χ2n) is 4.65. The van der Waals surface area contributed by atoms with Gasteiger partial charge < -0.3 is 16.2 Å². The molecule has 1 rings (SSSR count). The fourth-order valence-corrected chi connectivity index (χ4v) is 2.05. The highest BCUT2D eigenvalue weighted by Crippen LogP contribution is 2.17. The lowest BCUT2D eigenvalue weighted by molar-refractivity contribution is 0.227. The van der Waals surface area contributed by atoms with Gasteiger partial charge in [0.1, 0.15) is 0 Å². The number of nitrogens with one attached hydrogen (secondary N) is 1. The van der Waals surface area contributed by atoms with Gasteiger partial charge in [-0.3, -0.25) is 0 Å². The molecule has 0 amide bonds. The Morgan fingerprint density at radius 2 is 2.29 bits per heavy atom. The minimum Gasteiger partial charge on any atom is -0.396 e. The van der Waals surface area contributed by atoms with Crippen LogP contribution < -0.4 is 11.1 Å². The molecule has 1 saturated carbocycles. The Hall–Kier alpha value is -0.120. The van der Waals surface area contributed by atoms with E-state index >= 15 is 0 Å². The van der Waals surface area contributed by atoms with E-state index in [0.29, 0.717) is 24.6 Å². The van der Waals surface area contributed by atoms with Gasteiger partial charge in [-0.1, -0.05) is 6.92 Å². The SMILES string of the molecule is CC(CO)CCCNC1CCC(N)C1. The number of aliphatic hydroxyl groups is 1. The van der Waals surface area contributed by atoms with Crippen LogP contribution in [-0.4, -0.2) is 30.3 Å². The van der Waals surface area contributed by atoms with E-state index in [2.05, 4.69) is 12.2 Å². The van der Waals surface area contributed by atoms with Gasteiger partial charge in [0.25, 0.3) is 0 Å². The molecule has 14 heavy (non-hydrogen) atoms. The lowest BCUT2D eigenvalue weighted by atomic mass is 10.1. The fraction of sp³-hybridized carbons (Fsp3) is 1.00. The Labute approximate surface area is 87.1 Å². The first-order chi connectivity index (χ1) is 6.72. The zero-order chi connectivity index (χ0) is 10.4. The quantitative estimate of drug-likeness (QED) is 0.557. The Kier molecular flexibility index (Phi) is 5.45. The van der Waals surface area contributed by atoms with Crippen molar-refractivity contribution in [3.05, 3.63) is 0 Å². The number of nitrogens with two attached hydrogens (primary N) is 1. The molecular formula is C11H24N2O. The highest BCUT2D eigenvalue weighted by Gasteiger charge is 2.20. The Balaban J connectivity index is 1.94. The minimum absolute atomic E-state index is 0.314. The standard InChI is InChI=1S/C11H24N2O/c1-9(8-14)3-2-6-13-11-5-4-10(12)7-11/h9-11,13-14H,2-8,12H2,1H3. The van der Waals surface area contributed by atoms with Crippen LogP contribution in [0.5, 0.6) is 0 Å². The van der Waals surface area contributed by atoms with Crippen LogP contribution in [0, 0.1) is 5.92 Å². The van der Waals surface area contributed by atoms with Crippen molar-refractivity contribution in [3.63, 3.8) is 0 Å². The van der Waals surface area contributed by atoms with E-state index in [1.807, 2.05) is 0 Å². The van der Waals surface area contributed by atoms with E-state index in [1.54, 1.807) is 0 Å². The van der Waals surface area contributed by atoms with Crippen LogP contribution in [0.1, 0.15) is 39.0 Å². The van der Waals surface area contributed by atoms with Crippen molar-refractivity contribution in [2.24, 2.45) is 11.7 Å². The molecule has 0 radical (unpaired) electrons. The molecule has 0 aromatic heterocycles. The van der Waals surface area contributed by atoms with Gasteiger partial charge in [0.05, 0.1) is 0 Å². The molecule has 1 aliphatic carbocycles. The van der Waals surface area contributed by atoms with Gasteiger partial charge in [-0.2, -0.15) is 0 Å². The third kappa shape index (κ3) is 4.40. The molecule has 3 atom stereocenters. The lowest BCUT2D eigenvalue weighted by Crippen LogP contribution is -2.29. The fourth-order valence-electron chi connectivity index (χ4n) is 2.05. The topological polar surface area (TPSA) is 58.3 Å². The molecule has 0 spiro atoms. The van der Waals surface area contributed by atoms with Crippen LogP contribution in [0.4, 0.5) is 0 Å². The molecule has 84 valence electrons. The maximum absolute atomic E-state index is 8.84. The molecule has 3 heteroatoms. The van der Waals surface area contributed by atoms with Crippen molar-refractivity contribution in [2.45, 2.75) is 51.1 Å². The Bertz CT molecular complexity index is 152. The maximum Gasteiger partial charge on any atom is 0.0456 e. The number of aliphatic hydroxyl groups excluding tert-OH is 1. The third-order valence-corrected chi connectivity index (χ3v) is 3.09. The Morgan fingerprint density at radius 1 is 1.50 bits per heavy atom. The summed E-state index contributed by atoms with van der Waals surface area (Å²) < 4.78 is 0. The summed E-state index contributed by atoms with van der Waals surface area (Å²) in [6, 6.07) is 1.07. The van der Waals surface area contributed by atoms with Crippen LogP contribution in [0.15, 0.2) is 0 Å². The molecule has 1 aliphatic rings. The summed E-state index contributed by atoms with van der Waals surface area (Å²) in [6.45, 7) is 3.47. The molecule has 0 aromatic carbocycles. The normalized spacial score (nSPS) is 29.4. The van der Waals surface area contributed by atoms with Crippen molar-refractivity contribution >= 4 is 0 Å². The summed E-state index contributed by atoms with van der Waals surface area (Å²) in [5.74, 6) is 0.447.